The standard InChI is InChI=1S/C18H15F6NO2/c1-2-16(17(19,20)21,18(22,23)24)25-15(26)27-14-10-8-13(9-11-14)12-6-4-3-5-7-12/h3-11H,2H2,1H3,(H,25,26). The van der Waals surface area contributed by atoms with Crippen LogP contribution < -0.4 is 10.1 Å². The molecule has 0 radical (unpaired) electrons. The number of nitrogens with one attached hydrogen (secondary N) is 1. The number of benzene rings is 2. The largest absolute Gasteiger partial charge is 0.420 e. The molecule has 0 aromatic heterocycles. The molecular weight excluding hydrogens is 376 g/mol. The van der Waals surface area contributed by atoms with E-state index in [2.05, 4.69) is 4.74 Å². The topological polar surface area (TPSA) is 38.3 Å². The number of halogens is 6. The maximum Gasteiger partial charge on any atom is 0.420 e. The van der Waals surface area contributed by atoms with Crippen molar-refractivity contribution in [2.75, 3.05) is 0 Å². The van der Waals surface area contributed by atoms with Crippen molar-refractivity contribution in [2.24, 2.45) is 0 Å². The molecule has 0 aliphatic rings. The van der Waals surface area contributed by atoms with Crippen LogP contribution in [-0.4, -0.2) is 24.0 Å². The molecule has 0 aliphatic heterocycles. The molecule has 1 N–H and O–H groups in total. The number of hydrogen-bond donors (Lipinski definition) is 1. The predicted octanol–water partition coefficient (Wildman–Crippen LogP) is 5.72. The van der Waals surface area contributed by atoms with Crippen molar-refractivity contribution in [2.45, 2.75) is 31.2 Å². The highest BCUT2D eigenvalue weighted by Gasteiger charge is 2.70. The smallest absolute Gasteiger partial charge is 0.410 e. The molecule has 0 atom stereocenters. The lowest BCUT2D eigenvalue weighted by molar-refractivity contribution is -0.305. The molecule has 2 aromatic rings. The van der Waals surface area contributed by atoms with Crippen LogP contribution in [0.25, 0.3) is 11.1 Å². The van der Waals surface area contributed by atoms with Crippen molar-refractivity contribution in [1.29, 1.82) is 0 Å². The average molecular weight is 391 g/mol. The lowest BCUT2D eigenvalue weighted by atomic mass is 9.94. The second-order valence-electron chi connectivity index (χ2n) is 5.66. The van der Waals surface area contributed by atoms with Crippen LogP contribution in [0.3, 0.4) is 0 Å². The van der Waals surface area contributed by atoms with E-state index in [0.29, 0.717) is 6.92 Å². The maximum absolute atomic E-state index is 13.0. The van der Waals surface area contributed by atoms with E-state index in [9.17, 15) is 31.1 Å². The van der Waals surface area contributed by atoms with Gasteiger partial charge in [-0.3, -0.25) is 5.32 Å². The van der Waals surface area contributed by atoms with E-state index in [1.807, 2.05) is 18.2 Å². The van der Waals surface area contributed by atoms with Gasteiger partial charge in [-0.15, -0.1) is 0 Å². The Bertz CT molecular complexity index is 755. The van der Waals surface area contributed by atoms with Gasteiger partial charge >= 0.3 is 18.4 Å². The molecular formula is C18H15F6NO2. The van der Waals surface area contributed by atoms with Gasteiger partial charge < -0.3 is 4.74 Å². The zero-order chi connectivity index (χ0) is 20.3. The SMILES string of the molecule is CCC(NC(=O)Oc1ccc(-c2ccccc2)cc1)(C(F)(F)F)C(F)(F)F. The summed E-state index contributed by atoms with van der Waals surface area (Å²) in [5.74, 6) is -0.193. The number of carbonyl (C=O) groups excluding carboxylic acids is 1. The zero-order valence-corrected chi connectivity index (χ0v) is 14.0. The van der Waals surface area contributed by atoms with Crippen molar-refractivity contribution < 1.29 is 35.9 Å². The number of carbonyl (C=O) groups is 1. The van der Waals surface area contributed by atoms with Crippen molar-refractivity contribution in [1.82, 2.24) is 5.32 Å². The molecule has 3 nitrogen and oxygen atoms in total. The summed E-state index contributed by atoms with van der Waals surface area (Å²) in [6.45, 7) is 0.677. The lowest BCUT2D eigenvalue weighted by Crippen LogP contribution is -2.67. The first-order valence-corrected chi connectivity index (χ1v) is 7.79. The summed E-state index contributed by atoms with van der Waals surface area (Å²) in [5.41, 5.74) is -2.81. The molecule has 2 aromatic carbocycles. The summed E-state index contributed by atoms with van der Waals surface area (Å²) >= 11 is 0. The molecule has 1 amide bonds. The Labute approximate surface area is 150 Å². The van der Waals surface area contributed by atoms with Crippen LogP contribution in [-0.2, 0) is 0 Å². The fraction of sp³-hybridized carbons (Fsp3) is 0.278. The minimum absolute atomic E-state index is 0.193. The molecule has 0 fully saturated rings. The van der Waals surface area contributed by atoms with Crippen molar-refractivity contribution in [3.63, 3.8) is 0 Å². The van der Waals surface area contributed by atoms with Crippen molar-refractivity contribution in [3.05, 3.63) is 54.6 Å². The Balaban J connectivity index is 2.16. The normalized spacial score (nSPS) is 12.6. The minimum Gasteiger partial charge on any atom is -0.410 e. The average Bonchev–Trinajstić information content (AvgIpc) is 2.59. The highest BCUT2D eigenvalue weighted by molar-refractivity contribution is 5.72. The van der Waals surface area contributed by atoms with E-state index < -0.39 is 30.4 Å². The first-order chi connectivity index (χ1) is 12.5. The monoisotopic (exact) mass is 391 g/mol. The summed E-state index contributed by atoms with van der Waals surface area (Å²) in [6, 6.07) is 14.6. The molecule has 2 rings (SSSR count). The highest BCUT2D eigenvalue weighted by Crippen LogP contribution is 2.45. The third-order valence-corrected chi connectivity index (χ3v) is 3.99. The summed E-state index contributed by atoms with van der Waals surface area (Å²) in [6.07, 6.45) is -14.8. The Morgan fingerprint density at radius 3 is 1.78 bits per heavy atom. The first-order valence-electron chi connectivity index (χ1n) is 7.79. The van der Waals surface area contributed by atoms with E-state index in [-0.39, 0.29) is 5.75 Å². The molecule has 27 heavy (non-hydrogen) atoms. The van der Waals surface area contributed by atoms with Gasteiger partial charge in [0.1, 0.15) is 5.75 Å². The second-order valence-corrected chi connectivity index (χ2v) is 5.66. The molecule has 0 spiro atoms. The molecule has 0 saturated carbocycles. The fourth-order valence-electron chi connectivity index (χ4n) is 2.44. The van der Waals surface area contributed by atoms with Gasteiger partial charge in [0, 0.05) is 0 Å². The van der Waals surface area contributed by atoms with E-state index in [0.717, 1.165) is 16.4 Å². The molecule has 9 heteroatoms. The van der Waals surface area contributed by atoms with Crippen molar-refractivity contribution in [3.8, 4) is 16.9 Å². The third-order valence-electron chi connectivity index (χ3n) is 3.99. The van der Waals surface area contributed by atoms with Crippen LogP contribution in [0.2, 0.25) is 0 Å². The van der Waals surface area contributed by atoms with Gasteiger partial charge in [-0.25, -0.2) is 4.79 Å². The van der Waals surface area contributed by atoms with E-state index in [4.69, 9.17) is 0 Å². The molecule has 0 heterocycles. The molecule has 0 aliphatic carbocycles. The quantitative estimate of drug-likeness (QED) is 0.678. The van der Waals surface area contributed by atoms with Gasteiger partial charge in [0.05, 0.1) is 0 Å². The van der Waals surface area contributed by atoms with Crippen LogP contribution in [0.1, 0.15) is 13.3 Å². The maximum atomic E-state index is 13.0. The summed E-state index contributed by atoms with van der Waals surface area (Å²) in [5, 5.41) is 0.944. The highest BCUT2D eigenvalue weighted by atomic mass is 19.4. The Hall–Kier alpha value is -2.71. The van der Waals surface area contributed by atoms with Crippen LogP contribution in [0.4, 0.5) is 31.1 Å². The van der Waals surface area contributed by atoms with Crippen molar-refractivity contribution >= 4 is 6.09 Å². The number of rotatable bonds is 4. The van der Waals surface area contributed by atoms with Gasteiger partial charge in [0.25, 0.3) is 0 Å². The zero-order valence-electron chi connectivity index (χ0n) is 14.0. The predicted molar refractivity (Wildman–Crippen MR) is 86.2 cm³/mol. The van der Waals surface area contributed by atoms with Crippen LogP contribution in [0.15, 0.2) is 54.6 Å². The summed E-state index contributed by atoms with van der Waals surface area (Å²) in [4.78, 5) is 11.7. The second kappa shape index (κ2) is 7.50. The van der Waals surface area contributed by atoms with Crippen LogP contribution in [0, 0.1) is 0 Å². The van der Waals surface area contributed by atoms with Gasteiger partial charge in [0.2, 0.25) is 5.54 Å². The minimum atomic E-state index is -5.74. The molecule has 0 unspecified atom stereocenters. The van der Waals surface area contributed by atoms with E-state index in [1.165, 1.54) is 24.3 Å². The Morgan fingerprint density at radius 2 is 1.33 bits per heavy atom. The van der Waals surface area contributed by atoms with Gasteiger partial charge in [0.15, 0.2) is 0 Å². The Kier molecular flexibility index (Phi) is 5.72. The van der Waals surface area contributed by atoms with E-state index >= 15 is 0 Å². The lowest BCUT2D eigenvalue weighted by Gasteiger charge is -2.36. The number of amides is 1. The van der Waals surface area contributed by atoms with Gasteiger partial charge in [-0.1, -0.05) is 49.4 Å². The number of ether oxygens (including phenoxy) is 1. The van der Waals surface area contributed by atoms with Crippen LogP contribution >= 0.6 is 0 Å². The third kappa shape index (κ3) is 4.35. The summed E-state index contributed by atoms with van der Waals surface area (Å²) in [7, 11) is 0. The number of alkyl halides is 6. The Morgan fingerprint density at radius 1 is 0.852 bits per heavy atom. The number of hydrogen-bond acceptors (Lipinski definition) is 2. The fourth-order valence-corrected chi connectivity index (χ4v) is 2.44. The van der Waals surface area contributed by atoms with Gasteiger partial charge in [-0.2, -0.15) is 26.3 Å². The summed E-state index contributed by atoms with van der Waals surface area (Å²) < 4.78 is 82.7. The first kappa shape index (κ1) is 20.6. The van der Waals surface area contributed by atoms with Crippen LogP contribution in [0.5, 0.6) is 5.75 Å². The molecule has 146 valence electrons. The molecule has 0 saturated heterocycles. The molecule has 0 bridgehead atoms. The van der Waals surface area contributed by atoms with Gasteiger partial charge in [-0.05, 0) is 29.7 Å². The van der Waals surface area contributed by atoms with E-state index in [1.54, 1.807) is 12.1 Å².